The molecule has 0 saturated heterocycles. The summed E-state index contributed by atoms with van der Waals surface area (Å²) in [4.78, 5) is 12.3. The molecule has 0 aliphatic rings. The molecule has 0 amide bonds. The van der Waals surface area contributed by atoms with Gasteiger partial charge in [0, 0.05) is 4.90 Å². The summed E-state index contributed by atoms with van der Waals surface area (Å²) in [6.07, 6.45) is -4.80. The number of esters is 1. The Kier molecular flexibility index (Phi) is 6.55. The Hall–Kier alpha value is -1.89. The fourth-order valence-electron chi connectivity index (χ4n) is 1.55. The SMILES string of the molecule is CCOC(=O)C(/C(=C\Sc1ccccc1)C(F)(F)F)=C(\C)O. The van der Waals surface area contributed by atoms with Crippen LogP contribution in [0, 0.1) is 0 Å². The third-order valence-electron chi connectivity index (χ3n) is 2.47. The number of carbonyl (C=O) groups excluding carboxylic acids is 1. The maximum atomic E-state index is 13.2. The van der Waals surface area contributed by atoms with Crippen LogP contribution in [0.3, 0.4) is 0 Å². The van der Waals surface area contributed by atoms with Crippen LogP contribution in [0.2, 0.25) is 0 Å². The van der Waals surface area contributed by atoms with Crippen molar-refractivity contribution in [3.8, 4) is 0 Å². The topological polar surface area (TPSA) is 46.5 Å². The molecule has 3 nitrogen and oxygen atoms in total. The normalized spacial score (nSPS) is 13.6. The molecule has 22 heavy (non-hydrogen) atoms. The molecule has 0 fully saturated rings. The van der Waals surface area contributed by atoms with E-state index in [0.29, 0.717) is 4.90 Å². The van der Waals surface area contributed by atoms with E-state index in [4.69, 9.17) is 0 Å². The lowest BCUT2D eigenvalue weighted by Crippen LogP contribution is -2.21. The number of aliphatic hydroxyl groups is 1. The largest absolute Gasteiger partial charge is 0.512 e. The fourth-order valence-corrected chi connectivity index (χ4v) is 2.37. The molecule has 0 radical (unpaired) electrons. The van der Waals surface area contributed by atoms with Crippen molar-refractivity contribution in [2.24, 2.45) is 0 Å². The number of ether oxygens (including phenoxy) is 1. The highest BCUT2D eigenvalue weighted by Crippen LogP contribution is 2.36. The highest BCUT2D eigenvalue weighted by molar-refractivity contribution is 8.02. The van der Waals surface area contributed by atoms with Crippen LogP contribution >= 0.6 is 11.8 Å². The highest BCUT2D eigenvalue weighted by Gasteiger charge is 2.40. The van der Waals surface area contributed by atoms with Gasteiger partial charge >= 0.3 is 12.1 Å². The lowest BCUT2D eigenvalue weighted by molar-refractivity contribution is -0.140. The summed E-state index contributed by atoms with van der Waals surface area (Å²) >= 11 is 0.802. The summed E-state index contributed by atoms with van der Waals surface area (Å²) in [6.45, 7) is 2.39. The van der Waals surface area contributed by atoms with Gasteiger partial charge in [-0.3, -0.25) is 0 Å². The Morgan fingerprint density at radius 1 is 1.32 bits per heavy atom. The van der Waals surface area contributed by atoms with Crippen molar-refractivity contribution in [3.63, 3.8) is 0 Å². The average Bonchev–Trinajstić information content (AvgIpc) is 2.42. The first-order valence-electron chi connectivity index (χ1n) is 6.33. The minimum atomic E-state index is -4.80. The van der Waals surface area contributed by atoms with Gasteiger partial charge in [0.05, 0.1) is 12.2 Å². The lowest BCUT2D eigenvalue weighted by atomic mass is 10.1. The Balaban J connectivity index is 3.22. The second kappa shape index (κ2) is 7.93. The Morgan fingerprint density at radius 2 is 1.91 bits per heavy atom. The minimum Gasteiger partial charge on any atom is -0.512 e. The second-order valence-corrected chi connectivity index (χ2v) is 5.08. The van der Waals surface area contributed by atoms with E-state index < -0.39 is 29.1 Å². The smallest absolute Gasteiger partial charge is 0.417 e. The van der Waals surface area contributed by atoms with Crippen LogP contribution in [-0.4, -0.2) is 23.9 Å². The van der Waals surface area contributed by atoms with Crippen LogP contribution in [0.4, 0.5) is 13.2 Å². The zero-order chi connectivity index (χ0) is 16.8. The maximum absolute atomic E-state index is 13.2. The summed E-state index contributed by atoms with van der Waals surface area (Å²) in [6, 6.07) is 8.37. The standard InChI is InChI=1S/C15H15F3O3S/c1-3-21-14(20)13(10(2)19)12(15(16,17)18)9-22-11-7-5-4-6-8-11/h4-9,19H,3H2,1-2H3/b12-9+,13-10+. The molecule has 0 aliphatic heterocycles. The van der Waals surface area contributed by atoms with Gasteiger partial charge in [0.25, 0.3) is 0 Å². The van der Waals surface area contributed by atoms with Crippen molar-refractivity contribution in [2.75, 3.05) is 6.61 Å². The van der Waals surface area contributed by atoms with Gasteiger partial charge in [0.15, 0.2) is 0 Å². The third kappa shape index (κ3) is 5.14. The fraction of sp³-hybridized carbons (Fsp3) is 0.267. The summed E-state index contributed by atoms with van der Waals surface area (Å²) in [7, 11) is 0. The monoisotopic (exact) mass is 332 g/mol. The number of allylic oxidation sites excluding steroid dienone is 1. The van der Waals surface area contributed by atoms with Crippen LogP contribution < -0.4 is 0 Å². The number of aliphatic hydroxyl groups excluding tert-OH is 1. The van der Waals surface area contributed by atoms with Crippen LogP contribution in [0.1, 0.15) is 13.8 Å². The van der Waals surface area contributed by atoms with Gasteiger partial charge in [0.1, 0.15) is 11.3 Å². The second-order valence-electron chi connectivity index (χ2n) is 4.14. The molecule has 0 saturated carbocycles. The molecule has 120 valence electrons. The molecule has 0 spiro atoms. The van der Waals surface area contributed by atoms with E-state index in [9.17, 15) is 23.1 Å². The number of benzene rings is 1. The zero-order valence-corrected chi connectivity index (χ0v) is 12.8. The van der Waals surface area contributed by atoms with E-state index in [1.54, 1.807) is 30.3 Å². The molecule has 0 unspecified atom stereocenters. The van der Waals surface area contributed by atoms with E-state index in [2.05, 4.69) is 4.74 Å². The van der Waals surface area contributed by atoms with Crippen LogP contribution in [0.25, 0.3) is 0 Å². The molecule has 0 heterocycles. The summed E-state index contributed by atoms with van der Waals surface area (Å²) in [5.41, 5.74) is -2.11. The van der Waals surface area contributed by atoms with E-state index in [-0.39, 0.29) is 6.61 Å². The Bertz CT molecular complexity index is 573. The average molecular weight is 332 g/mol. The molecule has 1 N–H and O–H groups in total. The number of thioether (sulfide) groups is 1. The Labute approximate surface area is 130 Å². The van der Waals surface area contributed by atoms with Gasteiger partial charge in [-0.1, -0.05) is 30.0 Å². The van der Waals surface area contributed by atoms with Crippen molar-refractivity contribution >= 4 is 17.7 Å². The van der Waals surface area contributed by atoms with Gasteiger partial charge in [-0.15, -0.1) is 0 Å². The molecule has 0 aliphatic carbocycles. The summed E-state index contributed by atoms with van der Waals surface area (Å²) < 4.78 is 44.2. The molecule has 7 heteroatoms. The highest BCUT2D eigenvalue weighted by atomic mass is 32.2. The molecular weight excluding hydrogens is 317 g/mol. The summed E-state index contributed by atoms with van der Waals surface area (Å²) in [5.74, 6) is -1.95. The van der Waals surface area contributed by atoms with E-state index in [1.807, 2.05) is 0 Å². The molecule has 0 bridgehead atoms. The predicted molar refractivity (Wildman–Crippen MR) is 78.4 cm³/mol. The number of hydrogen-bond donors (Lipinski definition) is 1. The first-order chi connectivity index (χ1) is 10.3. The first-order valence-corrected chi connectivity index (χ1v) is 7.21. The molecular formula is C15H15F3O3S. The van der Waals surface area contributed by atoms with Crippen LogP contribution in [-0.2, 0) is 9.53 Å². The minimum absolute atomic E-state index is 0.0907. The number of carbonyl (C=O) groups is 1. The number of halogens is 3. The van der Waals surface area contributed by atoms with Crippen molar-refractivity contribution in [2.45, 2.75) is 24.9 Å². The van der Waals surface area contributed by atoms with Gasteiger partial charge < -0.3 is 9.84 Å². The first kappa shape index (κ1) is 18.2. The van der Waals surface area contributed by atoms with Crippen LogP contribution in [0.15, 0.2) is 57.5 Å². The lowest BCUT2D eigenvalue weighted by Gasteiger charge is -2.15. The Morgan fingerprint density at radius 3 is 2.36 bits per heavy atom. The number of alkyl halides is 3. The molecule has 1 rings (SSSR count). The van der Waals surface area contributed by atoms with Crippen molar-refractivity contribution in [1.82, 2.24) is 0 Å². The third-order valence-corrected chi connectivity index (χ3v) is 3.37. The van der Waals surface area contributed by atoms with Crippen molar-refractivity contribution in [3.05, 3.63) is 52.6 Å². The summed E-state index contributed by atoms with van der Waals surface area (Å²) in [5, 5.41) is 10.3. The van der Waals surface area contributed by atoms with E-state index in [0.717, 1.165) is 24.1 Å². The maximum Gasteiger partial charge on any atom is 0.417 e. The molecule has 0 aromatic heterocycles. The van der Waals surface area contributed by atoms with Gasteiger partial charge in [0.2, 0.25) is 0 Å². The van der Waals surface area contributed by atoms with Crippen LogP contribution in [0.5, 0.6) is 0 Å². The van der Waals surface area contributed by atoms with Gasteiger partial charge in [-0.2, -0.15) is 13.2 Å². The van der Waals surface area contributed by atoms with Gasteiger partial charge in [-0.25, -0.2) is 4.79 Å². The van der Waals surface area contributed by atoms with E-state index >= 15 is 0 Å². The molecule has 1 aromatic carbocycles. The van der Waals surface area contributed by atoms with E-state index in [1.165, 1.54) is 6.92 Å². The van der Waals surface area contributed by atoms with Crippen molar-refractivity contribution < 1.29 is 27.8 Å². The zero-order valence-electron chi connectivity index (χ0n) is 12.0. The predicted octanol–water partition coefficient (Wildman–Crippen LogP) is 4.62. The van der Waals surface area contributed by atoms with Gasteiger partial charge in [-0.05, 0) is 31.4 Å². The quantitative estimate of drug-likeness (QED) is 0.281. The van der Waals surface area contributed by atoms with Crippen molar-refractivity contribution in [1.29, 1.82) is 0 Å². The molecule has 0 atom stereocenters. The molecule has 1 aromatic rings. The number of hydrogen-bond acceptors (Lipinski definition) is 4. The number of rotatable bonds is 5.